The number of ether oxygens (including phenoxy) is 1. The van der Waals surface area contributed by atoms with Crippen LogP contribution >= 0.6 is 15.9 Å². The van der Waals surface area contributed by atoms with Gasteiger partial charge in [0.15, 0.2) is 0 Å². The Balaban J connectivity index is 1.51. The number of anilines is 2. The van der Waals surface area contributed by atoms with Gasteiger partial charge in [0.1, 0.15) is 5.75 Å². The average molecular weight is 408 g/mol. The molecule has 1 aromatic heterocycles. The lowest BCUT2D eigenvalue weighted by Crippen LogP contribution is -2.30. The number of aromatic nitrogens is 3. The molecule has 0 unspecified atom stereocenters. The zero-order valence-corrected chi connectivity index (χ0v) is 15.8. The van der Waals surface area contributed by atoms with Crippen LogP contribution < -0.4 is 15.0 Å². The molecule has 0 radical (unpaired) electrons. The fraction of sp³-hybridized carbons (Fsp3) is 0.471. The number of aromatic amines is 1. The number of carbonyl (C=O) groups is 1. The number of hydrogen-bond acceptors (Lipinski definition) is 5. The van der Waals surface area contributed by atoms with Crippen molar-refractivity contribution in [2.24, 2.45) is 0 Å². The van der Waals surface area contributed by atoms with Gasteiger partial charge in [-0.2, -0.15) is 4.98 Å². The SMILES string of the molecule is COc1ccc(CCC(=O)Nc2nc(N3CCCCC3)n[nH]2)cc1Br. The van der Waals surface area contributed by atoms with Crippen LogP contribution in [0.25, 0.3) is 0 Å². The van der Waals surface area contributed by atoms with Crippen LogP contribution in [0.5, 0.6) is 5.75 Å². The second kappa shape index (κ2) is 8.33. The van der Waals surface area contributed by atoms with Crippen LogP contribution in [0.1, 0.15) is 31.2 Å². The second-order valence-corrected chi connectivity index (χ2v) is 6.90. The zero-order chi connectivity index (χ0) is 17.6. The quantitative estimate of drug-likeness (QED) is 0.768. The average Bonchev–Trinajstić information content (AvgIpc) is 3.09. The molecule has 0 aliphatic carbocycles. The third-order valence-corrected chi connectivity index (χ3v) is 4.85. The summed E-state index contributed by atoms with van der Waals surface area (Å²) in [5, 5.41) is 9.77. The maximum absolute atomic E-state index is 12.1. The summed E-state index contributed by atoms with van der Waals surface area (Å²) in [6.07, 6.45) is 4.59. The molecule has 0 atom stereocenters. The monoisotopic (exact) mass is 407 g/mol. The van der Waals surface area contributed by atoms with Crippen molar-refractivity contribution in [3.8, 4) is 5.75 Å². The maximum atomic E-state index is 12.1. The molecule has 2 heterocycles. The van der Waals surface area contributed by atoms with Crippen molar-refractivity contribution >= 4 is 33.7 Å². The van der Waals surface area contributed by atoms with Gasteiger partial charge in [-0.15, -0.1) is 5.10 Å². The van der Waals surface area contributed by atoms with Crippen LogP contribution in [0, 0.1) is 0 Å². The van der Waals surface area contributed by atoms with Gasteiger partial charge in [0.05, 0.1) is 11.6 Å². The number of amides is 1. The molecule has 1 aromatic carbocycles. The van der Waals surface area contributed by atoms with E-state index < -0.39 is 0 Å². The molecule has 25 heavy (non-hydrogen) atoms. The molecule has 8 heteroatoms. The molecule has 2 N–H and O–H groups in total. The topological polar surface area (TPSA) is 83.1 Å². The van der Waals surface area contributed by atoms with Crippen molar-refractivity contribution in [1.82, 2.24) is 15.2 Å². The number of piperidine rings is 1. The number of rotatable bonds is 6. The molecule has 2 aromatic rings. The molecule has 1 aliphatic rings. The van der Waals surface area contributed by atoms with Crippen LogP contribution in [-0.2, 0) is 11.2 Å². The van der Waals surface area contributed by atoms with E-state index in [4.69, 9.17) is 4.74 Å². The Labute approximate surface area is 155 Å². The Bertz CT molecular complexity index is 728. The van der Waals surface area contributed by atoms with E-state index in [-0.39, 0.29) is 5.91 Å². The predicted octanol–water partition coefficient (Wildman–Crippen LogP) is 3.14. The van der Waals surface area contributed by atoms with Crippen LogP contribution in [0.15, 0.2) is 22.7 Å². The molecule has 134 valence electrons. The number of H-pyrrole nitrogens is 1. The van der Waals surface area contributed by atoms with Gasteiger partial charge >= 0.3 is 0 Å². The van der Waals surface area contributed by atoms with Gasteiger partial charge in [-0.3, -0.25) is 10.1 Å². The van der Waals surface area contributed by atoms with Gasteiger partial charge < -0.3 is 9.64 Å². The van der Waals surface area contributed by atoms with Crippen LogP contribution in [-0.4, -0.2) is 41.3 Å². The standard InChI is InChI=1S/C17H22BrN5O2/c1-25-14-7-5-12(11-13(14)18)6-8-15(24)19-16-20-17(22-21-16)23-9-3-2-4-10-23/h5,7,11H,2-4,6,8-10H2,1H3,(H2,19,20,21,22,24). The minimum atomic E-state index is -0.0896. The van der Waals surface area contributed by atoms with E-state index in [0.29, 0.717) is 24.7 Å². The van der Waals surface area contributed by atoms with Gasteiger partial charge in [0.2, 0.25) is 17.8 Å². The number of nitrogens with zero attached hydrogens (tertiary/aromatic N) is 3. The molecular formula is C17H22BrN5O2. The summed E-state index contributed by atoms with van der Waals surface area (Å²) in [7, 11) is 1.63. The summed E-state index contributed by atoms with van der Waals surface area (Å²) >= 11 is 3.46. The Morgan fingerprint density at radius 1 is 1.36 bits per heavy atom. The van der Waals surface area contributed by atoms with Crippen LogP contribution in [0.3, 0.4) is 0 Å². The van der Waals surface area contributed by atoms with Crippen molar-refractivity contribution < 1.29 is 9.53 Å². The van der Waals surface area contributed by atoms with E-state index in [9.17, 15) is 4.79 Å². The number of aryl methyl sites for hydroxylation is 1. The number of methoxy groups -OCH3 is 1. The van der Waals surface area contributed by atoms with Crippen LogP contribution in [0.4, 0.5) is 11.9 Å². The highest BCUT2D eigenvalue weighted by Gasteiger charge is 2.16. The zero-order valence-electron chi connectivity index (χ0n) is 14.2. The molecule has 0 spiro atoms. The maximum Gasteiger partial charge on any atom is 0.246 e. The lowest BCUT2D eigenvalue weighted by molar-refractivity contribution is -0.116. The summed E-state index contributed by atoms with van der Waals surface area (Å²) < 4.78 is 6.09. The first kappa shape index (κ1) is 17.7. The normalized spacial score (nSPS) is 14.4. The Morgan fingerprint density at radius 2 is 2.16 bits per heavy atom. The molecule has 1 aliphatic heterocycles. The highest BCUT2D eigenvalue weighted by molar-refractivity contribution is 9.10. The van der Waals surface area contributed by atoms with Gasteiger partial charge in [0.25, 0.3) is 0 Å². The number of carbonyl (C=O) groups excluding carboxylic acids is 1. The van der Waals surface area contributed by atoms with Gasteiger partial charge in [0, 0.05) is 19.5 Å². The first-order valence-electron chi connectivity index (χ1n) is 8.45. The van der Waals surface area contributed by atoms with E-state index in [1.54, 1.807) is 7.11 Å². The largest absolute Gasteiger partial charge is 0.496 e. The molecule has 3 rings (SSSR count). The Kier molecular flexibility index (Phi) is 5.91. The summed E-state index contributed by atoms with van der Waals surface area (Å²) in [5.74, 6) is 1.75. The van der Waals surface area contributed by atoms with Crippen molar-refractivity contribution in [2.75, 3.05) is 30.4 Å². The smallest absolute Gasteiger partial charge is 0.246 e. The number of hydrogen-bond donors (Lipinski definition) is 2. The molecule has 0 bridgehead atoms. The highest BCUT2D eigenvalue weighted by atomic mass is 79.9. The predicted molar refractivity (Wildman–Crippen MR) is 100 cm³/mol. The van der Waals surface area contributed by atoms with Crippen LogP contribution in [0.2, 0.25) is 0 Å². The van der Waals surface area contributed by atoms with Gasteiger partial charge in [-0.25, -0.2) is 5.10 Å². The third-order valence-electron chi connectivity index (χ3n) is 4.23. The van der Waals surface area contributed by atoms with E-state index in [0.717, 1.165) is 41.7 Å². The molecule has 7 nitrogen and oxygen atoms in total. The highest BCUT2D eigenvalue weighted by Crippen LogP contribution is 2.26. The fourth-order valence-corrected chi connectivity index (χ4v) is 3.45. The molecule has 1 amide bonds. The van der Waals surface area contributed by atoms with Gasteiger partial charge in [-0.1, -0.05) is 6.07 Å². The summed E-state index contributed by atoms with van der Waals surface area (Å²) in [5.41, 5.74) is 1.06. The minimum absolute atomic E-state index is 0.0896. The van der Waals surface area contributed by atoms with Crippen molar-refractivity contribution in [2.45, 2.75) is 32.1 Å². The molecule has 0 saturated carbocycles. The van der Waals surface area contributed by atoms with Crippen molar-refractivity contribution in [1.29, 1.82) is 0 Å². The summed E-state index contributed by atoms with van der Waals surface area (Å²) in [6, 6.07) is 5.81. The second-order valence-electron chi connectivity index (χ2n) is 6.05. The van der Waals surface area contributed by atoms with Gasteiger partial charge in [-0.05, 0) is 59.3 Å². The van der Waals surface area contributed by atoms with Crippen molar-refractivity contribution in [3.63, 3.8) is 0 Å². The minimum Gasteiger partial charge on any atom is -0.496 e. The lowest BCUT2D eigenvalue weighted by atomic mass is 10.1. The Morgan fingerprint density at radius 3 is 2.88 bits per heavy atom. The number of nitrogens with one attached hydrogen (secondary N) is 2. The first-order valence-corrected chi connectivity index (χ1v) is 9.24. The molecular weight excluding hydrogens is 386 g/mol. The van der Waals surface area contributed by atoms with E-state index >= 15 is 0 Å². The molecule has 1 saturated heterocycles. The van der Waals surface area contributed by atoms with E-state index in [2.05, 4.69) is 41.3 Å². The Hall–Kier alpha value is -2.09. The third kappa shape index (κ3) is 4.72. The van der Waals surface area contributed by atoms with Crippen molar-refractivity contribution in [3.05, 3.63) is 28.2 Å². The fourth-order valence-electron chi connectivity index (χ4n) is 2.86. The summed E-state index contributed by atoms with van der Waals surface area (Å²) in [6.45, 7) is 1.94. The lowest BCUT2D eigenvalue weighted by Gasteiger charge is -2.24. The summed E-state index contributed by atoms with van der Waals surface area (Å²) in [4.78, 5) is 18.6. The van der Waals surface area contributed by atoms with E-state index in [1.165, 1.54) is 6.42 Å². The first-order chi connectivity index (χ1) is 12.2. The number of halogens is 1. The van der Waals surface area contributed by atoms with E-state index in [1.807, 2.05) is 18.2 Å². The molecule has 1 fully saturated rings. The number of benzene rings is 1.